The number of phenolic OH excluding ortho intramolecular Hbond substituents is 1. The smallest absolute Gasteiger partial charge is 0.336 e. The number of aromatic carboxylic acids is 1. The number of fused-ring (bicyclic) bond motifs is 2. The van der Waals surface area contributed by atoms with Crippen LogP contribution in [0.3, 0.4) is 0 Å². The van der Waals surface area contributed by atoms with E-state index in [2.05, 4.69) is 25.9 Å². The summed E-state index contributed by atoms with van der Waals surface area (Å²) in [5, 5.41) is 60.0. The van der Waals surface area contributed by atoms with Gasteiger partial charge in [0.1, 0.15) is 29.2 Å². The number of nitrogens with two attached hydrogens (primary N) is 2. The molecule has 1 aliphatic carbocycles. The summed E-state index contributed by atoms with van der Waals surface area (Å²) in [5.74, 6) is -2.81. The van der Waals surface area contributed by atoms with Gasteiger partial charge in [-0.2, -0.15) is 15.0 Å². The summed E-state index contributed by atoms with van der Waals surface area (Å²) in [5.41, 5.74) is 13.9. The predicted molar refractivity (Wildman–Crippen MR) is 290 cm³/mol. The standard InChI is InChI=1S/C53H62N16O11/c54-17-3-1-5-41(68-30-33(60-62-68)8-15-45(72)73)48(76)64-19-23-66(24-20-64)52-57-51(56-32-7-12-37(40(27-32)50(78)79)47-38-13-10-35(70)28-43(38)80-44-29-36(71)11-14-39(44)47)58-53(59-52)67-25-21-65(22-26-67)49(77)42(6-2-4-18-55)69-31-34(61-63-69)9-16-46(74)75/h7,10-14,27-31,41-42,70H,1-6,8-9,15-26,54-55H2,(H,72,73)(H,74,75)(H,78,79)(H,56,57,58,59)/t41-,42-/m0/s1. The number of hydrogen-bond acceptors (Lipinski definition) is 20. The largest absolute Gasteiger partial charge is 0.508 e. The number of carboxylic acids is 3. The average Bonchev–Trinajstić information content (AvgIpc) is 4.25. The fourth-order valence-corrected chi connectivity index (χ4v) is 10.00. The lowest BCUT2D eigenvalue weighted by atomic mass is 9.90. The second-order valence-electron chi connectivity index (χ2n) is 19.7. The van der Waals surface area contributed by atoms with Crippen molar-refractivity contribution >= 4 is 64.2 Å². The van der Waals surface area contributed by atoms with Crippen molar-refractivity contribution in [2.75, 3.05) is 80.6 Å². The van der Waals surface area contributed by atoms with E-state index < -0.39 is 30.0 Å². The minimum atomic E-state index is -1.25. The molecule has 27 nitrogen and oxygen atoms in total. The first-order chi connectivity index (χ1) is 38.7. The number of nitrogens with zero attached hydrogens (tertiary/aromatic N) is 13. The van der Waals surface area contributed by atoms with Crippen molar-refractivity contribution < 1.29 is 48.8 Å². The molecule has 80 heavy (non-hydrogen) atoms. The van der Waals surface area contributed by atoms with Crippen LogP contribution in [0.5, 0.6) is 5.75 Å². The number of piperazine rings is 2. The summed E-state index contributed by atoms with van der Waals surface area (Å²) in [6.45, 7) is 3.28. The molecule has 27 heteroatoms. The molecule has 0 spiro atoms. The molecule has 0 saturated carbocycles. The molecule has 9 rings (SSSR count). The Morgan fingerprint density at radius 3 is 1.69 bits per heavy atom. The molecule has 0 unspecified atom stereocenters. The number of carbonyl (C=O) groups is 5. The third-order valence-electron chi connectivity index (χ3n) is 14.2. The van der Waals surface area contributed by atoms with Crippen LogP contribution in [0, 0.1) is 0 Å². The lowest BCUT2D eigenvalue weighted by Crippen LogP contribution is -2.52. The van der Waals surface area contributed by atoms with E-state index in [1.807, 2.05) is 9.80 Å². The Hall–Kier alpha value is -9.11. The van der Waals surface area contributed by atoms with E-state index in [1.54, 1.807) is 46.5 Å². The second-order valence-corrected chi connectivity index (χ2v) is 19.7. The molecule has 0 bridgehead atoms. The van der Waals surface area contributed by atoms with Crippen molar-refractivity contribution in [3.63, 3.8) is 0 Å². The summed E-state index contributed by atoms with van der Waals surface area (Å²) in [6, 6.07) is 12.1. The van der Waals surface area contributed by atoms with E-state index >= 15 is 0 Å². The van der Waals surface area contributed by atoms with Crippen molar-refractivity contribution in [3.05, 3.63) is 94.2 Å². The molecule has 2 atom stereocenters. The Morgan fingerprint density at radius 1 is 0.637 bits per heavy atom. The molecule has 2 fully saturated rings. The van der Waals surface area contributed by atoms with Crippen LogP contribution in [-0.4, -0.2) is 170 Å². The van der Waals surface area contributed by atoms with Crippen LogP contribution in [-0.2, 0) is 32.0 Å². The minimum absolute atomic E-state index is 0.0775. The first-order valence-electron chi connectivity index (χ1n) is 26.5. The van der Waals surface area contributed by atoms with Crippen LogP contribution in [0.1, 0.15) is 85.2 Å². The highest BCUT2D eigenvalue weighted by atomic mass is 16.4. The minimum Gasteiger partial charge on any atom is -0.508 e. The van der Waals surface area contributed by atoms with Gasteiger partial charge in [-0.3, -0.25) is 24.0 Å². The molecule has 2 saturated heterocycles. The number of aryl methyl sites for hydroxylation is 2. The van der Waals surface area contributed by atoms with E-state index in [-0.39, 0.29) is 110 Å². The summed E-state index contributed by atoms with van der Waals surface area (Å²) in [4.78, 5) is 98.7. The van der Waals surface area contributed by atoms with Crippen LogP contribution in [0.4, 0.5) is 23.5 Å². The van der Waals surface area contributed by atoms with Crippen molar-refractivity contribution in [2.24, 2.45) is 11.5 Å². The van der Waals surface area contributed by atoms with E-state index in [0.717, 1.165) is 0 Å². The Kier molecular flexibility index (Phi) is 17.5. The van der Waals surface area contributed by atoms with E-state index in [9.17, 15) is 49.2 Å². The Balaban J connectivity index is 0.995. The monoisotopic (exact) mass is 1100 g/mol. The Morgan fingerprint density at radius 2 is 1.18 bits per heavy atom. The maximum Gasteiger partial charge on any atom is 0.336 e. The number of benzene rings is 3. The topological polar surface area (TPSA) is 374 Å². The van der Waals surface area contributed by atoms with Gasteiger partial charge < -0.3 is 61.2 Å². The third kappa shape index (κ3) is 13.1. The number of carboxylic acid groups (broad SMARTS) is 3. The molecule has 5 aromatic rings. The van der Waals surface area contributed by atoms with Gasteiger partial charge in [-0.15, -0.1) is 10.2 Å². The second kappa shape index (κ2) is 25.1. The van der Waals surface area contributed by atoms with Crippen LogP contribution < -0.4 is 32.0 Å². The zero-order chi connectivity index (χ0) is 56.5. The molecule has 4 aliphatic rings. The number of carbonyl (C=O) groups excluding carboxylic acids is 2. The van der Waals surface area contributed by atoms with Crippen molar-refractivity contribution in [1.82, 2.24) is 54.7 Å². The summed E-state index contributed by atoms with van der Waals surface area (Å²) < 4.78 is 9.02. The number of nitrogens with one attached hydrogen (secondary N) is 1. The van der Waals surface area contributed by atoms with Gasteiger partial charge in [0, 0.05) is 112 Å². The Bertz CT molecular complexity index is 3280. The molecular formula is C53H62N16O11. The number of phenols is 1. The van der Waals surface area contributed by atoms with Gasteiger partial charge >= 0.3 is 17.9 Å². The lowest BCUT2D eigenvalue weighted by Gasteiger charge is -2.38. The Labute approximate surface area is 457 Å². The van der Waals surface area contributed by atoms with Gasteiger partial charge in [0.05, 0.1) is 29.8 Å². The van der Waals surface area contributed by atoms with Gasteiger partial charge in [0.25, 0.3) is 0 Å². The zero-order valence-electron chi connectivity index (χ0n) is 43.8. The van der Waals surface area contributed by atoms with Crippen molar-refractivity contribution in [2.45, 2.75) is 76.3 Å². The van der Waals surface area contributed by atoms with Crippen LogP contribution >= 0.6 is 0 Å². The van der Waals surface area contributed by atoms with Crippen LogP contribution in [0.25, 0.3) is 33.4 Å². The van der Waals surface area contributed by atoms with Crippen molar-refractivity contribution in [3.8, 4) is 28.2 Å². The number of anilines is 4. The van der Waals surface area contributed by atoms with Gasteiger partial charge in [-0.25, -0.2) is 14.2 Å². The summed E-state index contributed by atoms with van der Waals surface area (Å²) in [6.07, 6.45) is 6.88. The summed E-state index contributed by atoms with van der Waals surface area (Å²) in [7, 11) is 0. The average molecular weight is 1100 g/mol. The normalized spacial score (nSPS) is 14.6. The molecule has 2 amide bonds. The highest BCUT2D eigenvalue weighted by Gasteiger charge is 2.34. The fourth-order valence-electron chi connectivity index (χ4n) is 10.00. The first kappa shape index (κ1) is 55.6. The van der Waals surface area contributed by atoms with Crippen molar-refractivity contribution in [1.29, 1.82) is 0 Å². The number of rotatable bonds is 24. The number of amides is 2. The number of aromatic hydroxyl groups is 1. The zero-order valence-corrected chi connectivity index (χ0v) is 43.8. The maximum atomic E-state index is 14.3. The number of unbranched alkanes of at least 4 members (excludes halogenated alkanes) is 2. The van der Waals surface area contributed by atoms with Crippen LogP contribution in [0.2, 0.25) is 0 Å². The molecule has 9 N–H and O–H groups in total. The van der Waals surface area contributed by atoms with E-state index in [0.29, 0.717) is 117 Å². The van der Waals surface area contributed by atoms with Gasteiger partial charge in [-0.1, -0.05) is 16.5 Å². The molecule has 3 aliphatic heterocycles. The number of aromatic nitrogens is 9. The summed E-state index contributed by atoms with van der Waals surface area (Å²) >= 11 is 0. The lowest BCUT2D eigenvalue weighted by molar-refractivity contribution is -0.138. The SMILES string of the molecule is NCCCC[C@@H](C(=O)N1CCN(c2nc(Nc3ccc(-c4c5ccc(=O)cc-5oc5cc(O)ccc45)c(C(=O)O)c3)nc(N3CCN(C(=O)[C@H](CCCCN)n4cc(CCC(=O)O)nn4)CC3)n2)CC1)n1cc(CCC(=O)O)nn1. The highest BCUT2D eigenvalue weighted by Crippen LogP contribution is 2.43. The third-order valence-corrected chi connectivity index (χ3v) is 14.2. The molecule has 420 valence electrons. The number of aliphatic carboxylic acids is 2. The maximum absolute atomic E-state index is 14.3. The predicted octanol–water partition coefficient (Wildman–Crippen LogP) is 3.15. The molecular weight excluding hydrogens is 1040 g/mol. The molecule has 3 aromatic heterocycles. The van der Waals surface area contributed by atoms with E-state index in [1.165, 1.54) is 39.7 Å². The quantitative estimate of drug-likeness (QED) is 0.0337. The van der Waals surface area contributed by atoms with Crippen LogP contribution in [0.15, 0.2) is 76.2 Å². The fraction of sp³-hybridized carbons (Fsp3) is 0.415. The number of hydrogen-bond donors (Lipinski definition) is 7. The molecule has 2 aromatic carbocycles. The van der Waals surface area contributed by atoms with Gasteiger partial charge in [0.2, 0.25) is 29.7 Å². The van der Waals surface area contributed by atoms with Gasteiger partial charge in [-0.05, 0) is 93.6 Å². The van der Waals surface area contributed by atoms with E-state index in [4.69, 9.17) is 30.8 Å². The first-order valence-corrected chi connectivity index (χ1v) is 26.5. The highest BCUT2D eigenvalue weighted by molar-refractivity contribution is 6.08. The molecule has 0 radical (unpaired) electrons. The van der Waals surface area contributed by atoms with Gasteiger partial charge in [0.15, 0.2) is 5.43 Å². The molecule has 6 heterocycles.